The second kappa shape index (κ2) is 10.4. The summed E-state index contributed by atoms with van der Waals surface area (Å²) in [4.78, 5) is 4.99. The highest BCUT2D eigenvalue weighted by molar-refractivity contribution is 6.30. The van der Waals surface area contributed by atoms with Gasteiger partial charge in [0.25, 0.3) is 0 Å². The molecule has 0 saturated carbocycles. The Morgan fingerprint density at radius 2 is 1.22 bits per heavy atom. The number of rotatable bonds is 7. The van der Waals surface area contributed by atoms with Crippen molar-refractivity contribution in [1.82, 2.24) is 0 Å². The highest BCUT2D eigenvalue weighted by atomic mass is 35.5. The minimum Gasteiger partial charge on any atom is -0.375 e. The molecule has 0 spiro atoms. The zero-order chi connectivity index (χ0) is 22.2. The summed E-state index contributed by atoms with van der Waals surface area (Å²) in [5.74, 6) is 0. The number of benzene rings is 4. The van der Waals surface area contributed by atoms with Crippen LogP contribution in [0.15, 0.2) is 120 Å². The Balaban J connectivity index is 1.80. The summed E-state index contributed by atoms with van der Waals surface area (Å²) in [6.45, 7) is 0. The van der Waals surface area contributed by atoms with Gasteiger partial charge >= 0.3 is 0 Å². The van der Waals surface area contributed by atoms with E-state index >= 15 is 0 Å². The fourth-order valence-corrected chi connectivity index (χ4v) is 3.68. The van der Waals surface area contributed by atoms with Crippen LogP contribution in [0.2, 0.25) is 5.02 Å². The number of hydrogen-bond acceptors (Lipinski definition) is 3. The molecule has 0 radical (unpaired) electrons. The largest absolute Gasteiger partial charge is 0.375 e. The molecule has 3 nitrogen and oxygen atoms in total. The van der Waals surface area contributed by atoms with E-state index in [1.807, 2.05) is 115 Å². The third kappa shape index (κ3) is 5.24. The maximum Gasteiger partial charge on any atom is 0.161 e. The number of nitriles is 1. The molecule has 0 aliphatic carbocycles. The van der Waals surface area contributed by atoms with Crippen LogP contribution in [0.3, 0.4) is 0 Å². The molecule has 0 aliphatic rings. The van der Waals surface area contributed by atoms with Gasteiger partial charge < -0.3 is 5.32 Å². The summed E-state index contributed by atoms with van der Waals surface area (Å²) >= 11 is 6.12. The minimum absolute atomic E-state index is 0.359. The van der Waals surface area contributed by atoms with E-state index in [4.69, 9.17) is 16.6 Å². The number of anilines is 1. The highest BCUT2D eigenvalue weighted by Gasteiger charge is 2.24. The third-order valence-electron chi connectivity index (χ3n) is 5.14. The van der Waals surface area contributed by atoms with Crippen LogP contribution in [-0.2, 0) is 0 Å². The lowest BCUT2D eigenvalue weighted by Crippen LogP contribution is -2.25. The second-order valence-corrected chi connectivity index (χ2v) is 7.76. The molecule has 0 aromatic heterocycles. The van der Waals surface area contributed by atoms with E-state index in [0.717, 1.165) is 28.1 Å². The fourth-order valence-electron chi connectivity index (χ4n) is 3.55. The van der Waals surface area contributed by atoms with Gasteiger partial charge in [0, 0.05) is 21.8 Å². The smallest absolute Gasteiger partial charge is 0.161 e. The van der Waals surface area contributed by atoms with E-state index in [2.05, 4.69) is 11.4 Å². The van der Waals surface area contributed by atoms with E-state index in [-0.39, 0.29) is 6.04 Å². The van der Waals surface area contributed by atoms with Crippen LogP contribution in [0.25, 0.3) is 0 Å². The normalized spacial score (nSPS) is 12.2. The van der Waals surface area contributed by atoms with Gasteiger partial charge in [-0.3, -0.25) is 4.99 Å². The first kappa shape index (κ1) is 21.4. The van der Waals surface area contributed by atoms with E-state index in [1.54, 1.807) is 0 Å². The molecule has 0 unspecified atom stereocenters. The maximum absolute atomic E-state index is 10.2. The number of nitrogens with one attached hydrogen (secondary N) is 1. The molecule has 0 amide bonds. The first-order chi connectivity index (χ1) is 15.7. The lowest BCUT2D eigenvalue weighted by Gasteiger charge is -2.24. The van der Waals surface area contributed by atoms with Crippen LogP contribution in [0.5, 0.6) is 0 Å². The molecule has 0 aliphatic heterocycles. The van der Waals surface area contributed by atoms with Gasteiger partial charge in [0.15, 0.2) is 6.04 Å². The summed E-state index contributed by atoms with van der Waals surface area (Å²) in [7, 11) is 0. The van der Waals surface area contributed by atoms with E-state index in [1.165, 1.54) is 0 Å². The topological polar surface area (TPSA) is 48.2 Å². The molecule has 4 aromatic carbocycles. The van der Waals surface area contributed by atoms with Crippen molar-refractivity contribution in [3.05, 3.63) is 137 Å². The molecular formula is C28H22ClN3. The molecule has 1 N–H and O–H groups in total. The monoisotopic (exact) mass is 435 g/mol. The molecule has 0 fully saturated rings. The number of nitrogens with zero attached hydrogens (tertiary/aromatic N) is 2. The van der Waals surface area contributed by atoms with Gasteiger partial charge in [-0.25, -0.2) is 0 Å². The molecule has 2 atom stereocenters. The molecule has 0 heterocycles. The van der Waals surface area contributed by atoms with Crippen LogP contribution in [0, 0.1) is 11.3 Å². The summed E-state index contributed by atoms with van der Waals surface area (Å²) in [6, 6.07) is 38.7. The average molecular weight is 436 g/mol. The first-order valence-electron chi connectivity index (χ1n) is 10.4. The zero-order valence-corrected chi connectivity index (χ0v) is 18.2. The Morgan fingerprint density at radius 3 is 1.72 bits per heavy atom. The van der Waals surface area contributed by atoms with Gasteiger partial charge in [-0.2, -0.15) is 5.26 Å². The van der Waals surface area contributed by atoms with E-state index in [0.29, 0.717) is 5.02 Å². The Labute approximate surface area is 193 Å². The summed E-state index contributed by atoms with van der Waals surface area (Å²) < 4.78 is 0. The van der Waals surface area contributed by atoms with Crippen molar-refractivity contribution in [2.24, 2.45) is 4.99 Å². The molecule has 4 aromatic rings. The zero-order valence-electron chi connectivity index (χ0n) is 17.4. The quantitative estimate of drug-likeness (QED) is 0.320. The fraction of sp³-hybridized carbons (Fsp3) is 0.0714. The van der Waals surface area contributed by atoms with Crippen molar-refractivity contribution < 1.29 is 0 Å². The standard InChI is InChI=1S/C28H22ClN3/c29-24-18-16-23(17-19-24)28(31-25-14-8-3-9-15-25)26(20-30)32-27(21-10-4-1-5-11-21)22-12-6-2-7-13-22/h1-19,26,28,31H/t26-,28-/m0/s1. The Kier molecular flexibility index (Phi) is 6.97. The van der Waals surface area contributed by atoms with E-state index < -0.39 is 6.04 Å². The van der Waals surface area contributed by atoms with Crippen molar-refractivity contribution in [1.29, 1.82) is 5.26 Å². The second-order valence-electron chi connectivity index (χ2n) is 7.32. The van der Waals surface area contributed by atoms with Crippen molar-refractivity contribution in [2.75, 3.05) is 5.32 Å². The Morgan fingerprint density at radius 1 is 0.719 bits per heavy atom. The summed E-state index contributed by atoms with van der Waals surface area (Å²) in [5.41, 5.74) is 4.58. The number of aliphatic imine (C=N–C) groups is 1. The third-order valence-corrected chi connectivity index (χ3v) is 5.39. The highest BCUT2D eigenvalue weighted by Crippen LogP contribution is 2.27. The molecule has 32 heavy (non-hydrogen) atoms. The molecule has 156 valence electrons. The van der Waals surface area contributed by atoms with Crippen molar-refractivity contribution in [3.63, 3.8) is 0 Å². The molecule has 4 heteroatoms. The first-order valence-corrected chi connectivity index (χ1v) is 10.8. The number of halogens is 1. The lowest BCUT2D eigenvalue weighted by atomic mass is 9.97. The predicted octanol–water partition coefficient (Wildman–Crippen LogP) is 6.92. The number of para-hydroxylation sites is 1. The van der Waals surface area contributed by atoms with Gasteiger partial charge in [-0.05, 0) is 29.8 Å². The van der Waals surface area contributed by atoms with E-state index in [9.17, 15) is 5.26 Å². The molecule has 0 saturated heterocycles. The van der Waals surface area contributed by atoms with Crippen LogP contribution >= 0.6 is 11.6 Å². The van der Waals surface area contributed by atoms with Crippen LogP contribution in [0.1, 0.15) is 22.7 Å². The molecule has 4 rings (SSSR count). The Bertz CT molecular complexity index is 1160. The molecular weight excluding hydrogens is 414 g/mol. The Hall–Kier alpha value is -3.87. The molecule has 0 bridgehead atoms. The van der Waals surface area contributed by atoms with Crippen molar-refractivity contribution >= 4 is 23.0 Å². The maximum atomic E-state index is 10.2. The predicted molar refractivity (Wildman–Crippen MR) is 132 cm³/mol. The van der Waals surface area contributed by atoms with Gasteiger partial charge in [0.2, 0.25) is 0 Å². The van der Waals surface area contributed by atoms with Crippen LogP contribution < -0.4 is 5.32 Å². The van der Waals surface area contributed by atoms with Crippen molar-refractivity contribution in [2.45, 2.75) is 12.1 Å². The van der Waals surface area contributed by atoms with Gasteiger partial charge in [-0.15, -0.1) is 0 Å². The summed E-state index contributed by atoms with van der Waals surface area (Å²) in [6.07, 6.45) is 0. The lowest BCUT2D eigenvalue weighted by molar-refractivity contribution is 0.690. The SMILES string of the molecule is N#C[C@H](N=C(c1ccccc1)c1ccccc1)[C@@H](Nc1ccccc1)c1ccc(Cl)cc1. The van der Waals surface area contributed by atoms with Crippen molar-refractivity contribution in [3.8, 4) is 6.07 Å². The van der Waals surface area contributed by atoms with Crippen LogP contribution in [0.4, 0.5) is 5.69 Å². The van der Waals surface area contributed by atoms with Crippen LogP contribution in [-0.4, -0.2) is 11.8 Å². The van der Waals surface area contributed by atoms with Gasteiger partial charge in [0.1, 0.15) is 0 Å². The number of hydrogen-bond donors (Lipinski definition) is 1. The van der Waals surface area contributed by atoms with Gasteiger partial charge in [-0.1, -0.05) is 103 Å². The average Bonchev–Trinajstić information content (AvgIpc) is 2.86. The minimum atomic E-state index is -0.674. The summed E-state index contributed by atoms with van der Waals surface area (Å²) in [5, 5.41) is 14.4. The van der Waals surface area contributed by atoms with Gasteiger partial charge in [0.05, 0.1) is 17.8 Å².